The molecule has 41 heavy (non-hydrogen) atoms. The fourth-order valence-corrected chi connectivity index (χ4v) is 7.38. The van der Waals surface area contributed by atoms with E-state index in [1.165, 1.54) is 16.4 Å². The number of primary amides is 1. The summed E-state index contributed by atoms with van der Waals surface area (Å²) in [5.74, 6) is -1.83. The number of benzene rings is 3. The van der Waals surface area contributed by atoms with Gasteiger partial charge in [-0.25, -0.2) is 12.8 Å². The van der Waals surface area contributed by atoms with E-state index in [1.54, 1.807) is 36.4 Å². The molecule has 11 heteroatoms. The van der Waals surface area contributed by atoms with Crippen molar-refractivity contribution < 1.29 is 22.4 Å². The van der Waals surface area contributed by atoms with E-state index in [2.05, 4.69) is 21.2 Å². The Bertz CT molecular complexity index is 1580. The van der Waals surface area contributed by atoms with Gasteiger partial charge in [-0.1, -0.05) is 71.7 Å². The van der Waals surface area contributed by atoms with Crippen molar-refractivity contribution in [3.8, 4) is 0 Å². The van der Waals surface area contributed by atoms with Crippen LogP contribution < -0.4 is 11.1 Å². The van der Waals surface area contributed by atoms with Crippen molar-refractivity contribution in [3.63, 3.8) is 0 Å². The van der Waals surface area contributed by atoms with Gasteiger partial charge in [-0.15, -0.1) is 0 Å². The van der Waals surface area contributed by atoms with Gasteiger partial charge in [0.1, 0.15) is 11.9 Å². The van der Waals surface area contributed by atoms with Gasteiger partial charge < -0.3 is 11.1 Å². The summed E-state index contributed by atoms with van der Waals surface area (Å²) in [7, 11) is -4.33. The molecule has 0 aliphatic carbocycles. The maximum absolute atomic E-state index is 14.4. The Morgan fingerprint density at radius 2 is 1.73 bits per heavy atom. The van der Waals surface area contributed by atoms with E-state index in [0.717, 1.165) is 16.6 Å². The second-order valence-corrected chi connectivity index (χ2v) is 13.5. The number of nitrogens with one attached hydrogen (secondary N) is 1. The largest absolute Gasteiger partial charge is 0.368 e. The molecule has 0 bridgehead atoms. The van der Waals surface area contributed by atoms with Crippen molar-refractivity contribution in [3.05, 3.63) is 111 Å². The monoisotopic (exact) mass is 661 g/mol. The summed E-state index contributed by atoms with van der Waals surface area (Å²) >= 11 is 9.81. The van der Waals surface area contributed by atoms with Crippen LogP contribution in [0.1, 0.15) is 49.9 Å². The van der Waals surface area contributed by atoms with E-state index in [0.29, 0.717) is 22.6 Å². The van der Waals surface area contributed by atoms with Gasteiger partial charge in [-0.3, -0.25) is 9.59 Å². The summed E-state index contributed by atoms with van der Waals surface area (Å²) in [4.78, 5) is 25.9. The van der Waals surface area contributed by atoms with Crippen molar-refractivity contribution in [2.75, 3.05) is 0 Å². The van der Waals surface area contributed by atoms with Gasteiger partial charge in [-0.05, 0) is 78.4 Å². The van der Waals surface area contributed by atoms with E-state index < -0.39 is 45.8 Å². The molecule has 3 atom stereocenters. The Hall–Kier alpha value is -3.05. The van der Waals surface area contributed by atoms with Crippen molar-refractivity contribution in [2.24, 2.45) is 11.7 Å². The highest BCUT2D eigenvalue weighted by Gasteiger charge is 2.45. The molecule has 0 aromatic heterocycles. The summed E-state index contributed by atoms with van der Waals surface area (Å²) in [6.07, 6.45) is 2.16. The van der Waals surface area contributed by atoms with E-state index in [4.69, 9.17) is 17.3 Å². The summed E-state index contributed by atoms with van der Waals surface area (Å²) in [6, 6.07) is 15.6. The highest BCUT2D eigenvalue weighted by Crippen LogP contribution is 2.46. The van der Waals surface area contributed by atoms with Crippen LogP contribution in [-0.2, 0) is 19.6 Å². The molecule has 0 saturated carbocycles. The molecule has 0 saturated heterocycles. The van der Waals surface area contributed by atoms with Crippen LogP contribution in [0.25, 0.3) is 0 Å². The molecular formula is C30H30BrClFN3O4S. The standard InChI is InChI=1S/C30H30BrClFN3O4S/c1-18(2)15-26(29(34)37)35-30(38)25-13-14-27(19-5-3-7-21(31)16-19)36(28(25)20-6-4-8-22(32)17-20)41(39,40)24-11-9-23(33)10-12-24/h3-13,16-18,26-28H,14-15H2,1-2H3,(H2,34,37)(H,35,38)/t26-,27-,28-/m0/s1. The second kappa shape index (κ2) is 12.9. The molecule has 1 aliphatic heterocycles. The minimum atomic E-state index is -4.33. The van der Waals surface area contributed by atoms with E-state index >= 15 is 0 Å². The summed E-state index contributed by atoms with van der Waals surface area (Å²) < 4.78 is 44.6. The Kier molecular flexibility index (Phi) is 9.69. The Morgan fingerprint density at radius 1 is 1.07 bits per heavy atom. The maximum Gasteiger partial charge on any atom is 0.249 e. The number of carbonyl (C=O) groups excluding carboxylic acids is 2. The molecule has 4 rings (SSSR count). The van der Waals surface area contributed by atoms with Gasteiger partial charge in [-0.2, -0.15) is 4.31 Å². The van der Waals surface area contributed by atoms with Gasteiger partial charge >= 0.3 is 0 Å². The summed E-state index contributed by atoms with van der Waals surface area (Å²) in [6.45, 7) is 3.80. The van der Waals surface area contributed by atoms with E-state index in [9.17, 15) is 22.4 Å². The van der Waals surface area contributed by atoms with Gasteiger partial charge in [0.2, 0.25) is 21.8 Å². The molecule has 0 radical (unpaired) electrons. The predicted octanol–water partition coefficient (Wildman–Crippen LogP) is 6.06. The normalized spacial score (nSPS) is 18.5. The lowest BCUT2D eigenvalue weighted by atomic mass is 9.88. The van der Waals surface area contributed by atoms with Crippen molar-refractivity contribution >= 4 is 49.4 Å². The predicted molar refractivity (Wildman–Crippen MR) is 160 cm³/mol. The molecule has 216 valence electrons. The minimum absolute atomic E-state index is 0.0631. The van der Waals surface area contributed by atoms with Crippen LogP contribution in [0.5, 0.6) is 0 Å². The van der Waals surface area contributed by atoms with Gasteiger partial charge in [0, 0.05) is 15.1 Å². The highest BCUT2D eigenvalue weighted by atomic mass is 79.9. The first kappa shape index (κ1) is 30.9. The molecule has 0 unspecified atom stereocenters. The first-order valence-corrected chi connectivity index (χ1v) is 15.6. The molecule has 7 nitrogen and oxygen atoms in total. The second-order valence-electron chi connectivity index (χ2n) is 10.3. The topological polar surface area (TPSA) is 110 Å². The molecule has 0 spiro atoms. The van der Waals surface area contributed by atoms with Gasteiger partial charge in [0.25, 0.3) is 0 Å². The zero-order valence-corrected chi connectivity index (χ0v) is 25.6. The lowest BCUT2D eigenvalue weighted by Gasteiger charge is -2.41. The third kappa shape index (κ3) is 7.06. The molecule has 0 fully saturated rings. The van der Waals surface area contributed by atoms with Crippen LogP contribution in [0.3, 0.4) is 0 Å². The summed E-state index contributed by atoms with van der Waals surface area (Å²) in [5, 5.41) is 3.07. The number of hydrogen-bond donors (Lipinski definition) is 2. The zero-order valence-electron chi connectivity index (χ0n) is 22.4. The smallest absolute Gasteiger partial charge is 0.249 e. The average Bonchev–Trinajstić information content (AvgIpc) is 2.91. The zero-order chi connectivity index (χ0) is 29.9. The third-order valence-corrected chi connectivity index (χ3v) is 9.44. The molecule has 3 aromatic carbocycles. The molecule has 1 heterocycles. The van der Waals surface area contributed by atoms with E-state index in [-0.39, 0.29) is 22.8 Å². The SMILES string of the molecule is CC(C)C[C@H](NC(=O)C1=CC[C@@H](c2cccc(Br)c2)N(S(=O)(=O)c2ccc(F)cc2)[C@H]1c1cccc(Cl)c1)C(N)=O. The highest BCUT2D eigenvalue weighted by molar-refractivity contribution is 9.10. The fraction of sp³-hybridized carbons (Fsp3) is 0.267. The Balaban J connectivity index is 1.93. The molecule has 2 amide bonds. The van der Waals surface area contributed by atoms with Crippen LogP contribution in [-0.4, -0.2) is 30.6 Å². The molecule has 3 aromatic rings. The van der Waals surface area contributed by atoms with Crippen molar-refractivity contribution in [1.82, 2.24) is 9.62 Å². The fourth-order valence-electron chi connectivity index (χ4n) is 4.98. The molecular weight excluding hydrogens is 633 g/mol. The molecule has 1 aliphatic rings. The number of halogens is 3. The first-order chi connectivity index (χ1) is 19.4. The van der Waals surface area contributed by atoms with Gasteiger partial charge in [0.15, 0.2) is 0 Å². The first-order valence-electron chi connectivity index (χ1n) is 13.0. The lowest BCUT2D eigenvalue weighted by Crippen LogP contribution is -2.49. The maximum atomic E-state index is 14.4. The van der Waals surface area contributed by atoms with Crippen LogP contribution in [0.4, 0.5) is 4.39 Å². The average molecular weight is 663 g/mol. The van der Waals surface area contributed by atoms with Crippen LogP contribution in [0.15, 0.2) is 93.8 Å². The quantitative estimate of drug-likeness (QED) is 0.290. The van der Waals surface area contributed by atoms with E-state index in [1.807, 2.05) is 32.0 Å². The van der Waals surface area contributed by atoms with Gasteiger partial charge in [0.05, 0.1) is 17.0 Å². The number of hydrogen-bond acceptors (Lipinski definition) is 4. The van der Waals surface area contributed by atoms with Crippen LogP contribution >= 0.6 is 27.5 Å². The number of sulfonamides is 1. The van der Waals surface area contributed by atoms with Crippen LogP contribution in [0, 0.1) is 11.7 Å². The Morgan fingerprint density at radius 3 is 2.34 bits per heavy atom. The number of amides is 2. The van der Waals surface area contributed by atoms with Crippen molar-refractivity contribution in [2.45, 2.75) is 49.7 Å². The number of nitrogens with two attached hydrogens (primary N) is 1. The third-order valence-electron chi connectivity index (χ3n) is 6.82. The summed E-state index contributed by atoms with van der Waals surface area (Å²) in [5.41, 5.74) is 6.85. The number of carbonyl (C=O) groups is 2. The lowest BCUT2D eigenvalue weighted by molar-refractivity contribution is -0.126. The Labute approximate surface area is 252 Å². The van der Waals surface area contributed by atoms with Crippen molar-refractivity contribution in [1.29, 1.82) is 0 Å². The van der Waals surface area contributed by atoms with Crippen LogP contribution in [0.2, 0.25) is 5.02 Å². The number of nitrogens with zero attached hydrogens (tertiary/aromatic N) is 1. The number of rotatable bonds is 9. The molecule has 3 N–H and O–H groups in total. The minimum Gasteiger partial charge on any atom is -0.368 e.